The number of amides is 1. The lowest BCUT2D eigenvalue weighted by Gasteiger charge is -2.33. The minimum Gasteiger partial charge on any atom is -0.343 e. The van der Waals surface area contributed by atoms with Gasteiger partial charge in [-0.25, -0.2) is 8.42 Å². The number of nitrogens with one attached hydrogen (secondary N) is 1. The summed E-state index contributed by atoms with van der Waals surface area (Å²) in [5, 5.41) is 8.49. The first-order valence-corrected chi connectivity index (χ1v) is 12.2. The normalized spacial score (nSPS) is 20.3. The molecular weight excluding hydrogens is 416 g/mol. The first-order chi connectivity index (χ1) is 14.9. The van der Waals surface area contributed by atoms with Crippen molar-refractivity contribution in [3.8, 4) is 0 Å². The Bertz CT molecular complexity index is 1030. The molecule has 0 radical (unpaired) electrons. The van der Waals surface area contributed by atoms with E-state index in [1.807, 2.05) is 30.3 Å². The van der Waals surface area contributed by atoms with E-state index in [0.717, 1.165) is 31.2 Å². The number of aromatic nitrogens is 2. The number of carbonyl (C=O) groups is 1. The molecular formula is C22H28N4O4S. The number of sulfonamides is 1. The highest BCUT2D eigenvalue weighted by Crippen LogP contribution is 2.38. The Labute approximate surface area is 182 Å². The van der Waals surface area contributed by atoms with Crippen molar-refractivity contribution in [2.75, 3.05) is 13.1 Å². The number of piperidine rings is 1. The molecule has 2 aromatic rings. The van der Waals surface area contributed by atoms with Crippen LogP contribution in [0.2, 0.25) is 0 Å². The van der Waals surface area contributed by atoms with Gasteiger partial charge in [-0.3, -0.25) is 4.79 Å². The van der Waals surface area contributed by atoms with Crippen LogP contribution in [-0.2, 0) is 20.4 Å². The summed E-state index contributed by atoms with van der Waals surface area (Å²) in [6.45, 7) is 2.39. The molecule has 1 saturated heterocycles. The molecule has 1 aliphatic carbocycles. The van der Waals surface area contributed by atoms with E-state index in [0.29, 0.717) is 37.6 Å². The zero-order chi connectivity index (χ0) is 21.9. The fraction of sp³-hybridized carbons (Fsp3) is 0.500. The molecule has 1 aromatic carbocycles. The Morgan fingerprint density at radius 1 is 1.19 bits per heavy atom. The van der Waals surface area contributed by atoms with Crippen molar-refractivity contribution in [3.05, 3.63) is 53.0 Å². The fourth-order valence-electron chi connectivity index (χ4n) is 4.40. The summed E-state index contributed by atoms with van der Waals surface area (Å²) in [7, 11) is -3.52. The Hall–Kier alpha value is -2.52. The van der Waals surface area contributed by atoms with E-state index < -0.39 is 15.6 Å². The molecule has 2 heterocycles. The molecule has 1 saturated carbocycles. The topological polar surface area (TPSA) is 105 Å². The summed E-state index contributed by atoms with van der Waals surface area (Å²) < 4.78 is 31.9. The molecule has 0 unspecified atom stereocenters. The Kier molecular flexibility index (Phi) is 6.24. The van der Waals surface area contributed by atoms with Crippen LogP contribution in [0.1, 0.15) is 55.8 Å². The second kappa shape index (κ2) is 8.92. The molecule has 31 heavy (non-hydrogen) atoms. The van der Waals surface area contributed by atoms with Crippen molar-refractivity contribution < 1.29 is 17.7 Å². The summed E-state index contributed by atoms with van der Waals surface area (Å²) >= 11 is 0. The van der Waals surface area contributed by atoms with Crippen molar-refractivity contribution in [1.82, 2.24) is 19.8 Å². The van der Waals surface area contributed by atoms with Crippen LogP contribution >= 0.6 is 0 Å². The third kappa shape index (κ3) is 4.88. The van der Waals surface area contributed by atoms with Crippen molar-refractivity contribution in [3.63, 3.8) is 0 Å². The van der Waals surface area contributed by atoms with E-state index in [9.17, 15) is 13.2 Å². The molecule has 166 valence electrons. The summed E-state index contributed by atoms with van der Waals surface area (Å²) in [4.78, 5) is 17.4. The summed E-state index contributed by atoms with van der Waals surface area (Å²) in [6.07, 6.45) is 6.16. The average Bonchev–Trinajstić information content (AvgIpc) is 3.43. The van der Waals surface area contributed by atoms with Crippen LogP contribution in [0.25, 0.3) is 6.08 Å². The highest BCUT2D eigenvalue weighted by atomic mass is 32.2. The zero-order valence-corrected chi connectivity index (χ0v) is 18.5. The molecule has 1 aromatic heterocycles. The number of rotatable bonds is 6. The molecule has 2 fully saturated rings. The lowest BCUT2D eigenvalue weighted by atomic mass is 9.92. The van der Waals surface area contributed by atoms with Gasteiger partial charge in [0.1, 0.15) is 5.54 Å². The largest absolute Gasteiger partial charge is 0.343 e. The quantitative estimate of drug-likeness (QED) is 0.734. The smallest absolute Gasteiger partial charge is 0.236 e. The number of hydrogen-bond donors (Lipinski definition) is 1. The minimum absolute atomic E-state index is 0.0544. The Morgan fingerprint density at radius 2 is 1.87 bits per heavy atom. The number of hydrogen-bond acceptors (Lipinski definition) is 6. The maximum absolute atomic E-state index is 13.0. The second-order valence-corrected chi connectivity index (χ2v) is 10.2. The molecule has 0 atom stereocenters. The van der Waals surface area contributed by atoms with Gasteiger partial charge in [0.25, 0.3) is 0 Å². The summed E-state index contributed by atoms with van der Waals surface area (Å²) in [5.41, 5.74) is 0.259. The van der Waals surface area contributed by atoms with Gasteiger partial charge in [0.15, 0.2) is 5.82 Å². The molecule has 1 N–H and O–H groups in total. The molecule has 1 aliphatic heterocycles. The zero-order valence-electron chi connectivity index (χ0n) is 17.7. The average molecular weight is 445 g/mol. The lowest BCUT2D eigenvalue weighted by Crippen LogP contribution is -2.49. The number of nitrogens with zero attached hydrogens (tertiary/aromatic N) is 3. The van der Waals surface area contributed by atoms with E-state index in [1.54, 1.807) is 13.0 Å². The SMILES string of the molecule is Cc1nc(C2(NC(=O)C3CCN(S(=O)(=O)C=Cc4ccccc4)CC3)CCCC2)no1. The molecule has 0 spiro atoms. The number of carbonyl (C=O) groups excluding carboxylic acids is 1. The fourth-order valence-corrected chi connectivity index (χ4v) is 5.62. The monoisotopic (exact) mass is 444 g/mol. The van der Waals surface area contributed by atoms with Gasteiger partial charge in [-0.05, 0) is 37.3 Å². The van der Waals surface area contributed by atoms with Crippen molar-refractivity contribution in [2.45, 2.75) is 51.0 Å². The number of benzene rings is 1. The van der Waals surface area contributed by atoms with Gasteiger partial charge in [-0.15, -0.1) is 0 Å². The second-order valence-electron chi connectivity index (χ2n) is 8.35. The third-order valence-electron chi connectivity index (χ3n) is 6.19. The molecule has 0 bridgehead atoms. The molecule has 1 amide bonds. The van der Waals surface area contributed by atoms with Gasteiger partial charge in [0.05, 0.1) is 0 Å². The van der Waals surface area contributed by atoms with Crippen LogP contribution in [0, 0.1) is 12.8 Å². The Balaban J connectivity index is 1.37. The minimum atomic E-state index is -3.52. The van der Waals surface area contributed by atoms with Crippen LogP contribution in [0.4, 0.5) is 0 Å². The van der Waals surface area contributed by atoms with Crippen LogP contribution in [0.3, 0.4) is 0 Å². The van der Waals surface area contributed by atoms with Crippen molar-refractivity contribution in [2.24, 2.45) is 5.92 Å². The third-order valence-corrected chi connectivity index (χ3v) is 7.76. The Morgan fingerprint density at radius 3 is 2.48 bits per heavy atom. The van der Waals surface area contributed by atoms with Crippen LogP contribution in [0.5, 0.6) is 0 Å². The summed E-state index contributed by atoms with van der Waals surface area (Å²) in [6, 6.07) is 9.32. The first kappa shape index (κ1) is 21.7. The van der Waals surface area contributed by atoms with E-state index in [-0.39, 0.29) is 11.8 Å². The first-order valence-electron chi connectivity index (χ1n) is 10.7. The van der Waals surface area contributed by atoms with Crippen molar-refractivity contribution >= 4 is 22.0 Å². The van der Waals surface area contributed by atoms with Gasteiger partial charge in [0.2, 0.25) is 21.8 Å². The predicted octanol–water partition coefficient (Wildman–Crippen LogP) is 2.98. The van der Waals surface area contributed by atoms with E-state index in [4.69, 9.17) is 4.52 Å². The number of aryl methyl sites for hydroxylation is 1. The summed E-state index contributed by atoms with van der Waals surface area (Å²) in [5.74, 6) is 0.746. The molecule has 8 nitrogen and oxygen atoms in total. The van der Waals surface area contributed by atoms with E-state index >= 15 is 0 Å². The highest BCUT2D eigenvalue weighted by molar-refractivity contribution is 7.92. The van der Waals surface area contributed by atoms with E-state index in [1.165, 1.54) is 9.71 Å². The van der Waals surface area contributed by atoms with Crippen molar-refractivity contribution in [1.29, 1.82) is 0 Å². The van der Waals surface area contributed by atoms with Crippen LogP contribution in [-0.4, -0.2) is 41.9 Å². The predicted molar refractivity (Wildman–Crippen MR) is 116 cm³/mol. The van der Waals surface area contributed by atoms with Crippen LogP contribution in [0.15, 0.2) is 40.3 Å². The van der Waals surface area contributed by atoms with Gasteiger partial charge in [-0.1, -0.05) is 48.3 Å². The van der Waals surface area contributed by atoms with Gasteiger partial charge in [-0.2, -0.15) is 9.29 Å². The van der Waals surface area contributed by atoms with Gasteiger partial charge < -0.3 is 9.84 Å². The maximum atomic E-state index is 13.0. The lowest BCUT2D eigenvalue weighted by molar-refractivity contribution is -0.128. The maximum Gasteiger partial charge on any atom is 0.236 e. The van der Waals surface area contributed by atoms with E-state index in [2.05, 4.69) is 15.5 Å². The van der Waals surface area contributed by atoms with Gasteiger partial charge in [0, 0.05) is 31.3 Å². The molecule has 2 aliphatic rings. The standard InChI is InChI=1S/C22H28N4O4S/c1-17-23-21(25-30-17)22(12-5-6-13-22)24-20(27)19-9-14-26(15-10-19)31(28,29)16-11-18-7-3-2-4-8-18/h2-4,7-8,11,16,19H,5-6,9-10,12-15H2,1H3,(H,24,27). The molecule has 4 rings (SSSR count). The van der Waals surface area contributed by atoms with Gasteiger partial charge >= 0.3 is 0 Å². The van der Waals surface area contributed by atoms with Crippen LogP contribution < -0.4 is 5.32 Å². The highest BCUT2D eigenvalue weighted by Gasteiger charge is 2.43. The molecule has 9 heteroatoms.